The van der Waals surface area contributed by atoms with Gasteiger partial charge >= 0.3 is 0 Å². The third kappa shape index (κ3) is 2.95. The minimum absolute atomic E-state index is 0.714. The van der Waals surface area contributed by atoms with E-state index in [2.05, 4.69) is 27.1 Å². The third-order valence-corrected chi connectivity index (χ3v) is 4.79. The molecule has 110 valence electrons. The highest BCUT2D eigenvalue weighted by Gasteiger charge is 2.33. The van der Waals surface area contributed by atoms with E-state index in [4.69, 9.17) is 0 Å². The van der Waals surface area contributed by atoms with Crippen molar-refractivity contribution in [3.8, 4) is 0 Å². The largest absolute Gasteiger partial charge is 0.352 e. The molecule has 2 unspecified atom stereocenters. The fourth-order valence-corrected chi connectivity index (χ4v) is 3.75. The molecule has 1 aromatic heterocycles. The van der Waals surface area contributed by atoms with Crippen LogP contribution < -0.4 is 10.2 Å². The maximum Gasteiger partial charge on any atom is 0.147 e. The molecule has 2 heterocycles. The molecule has 1 N–H and O–H groups in total. The van der Waals surface area contributed by atoms with Crippen LogP contribution in [-0.4, -0.2) is 29.1 Å². The van der Waals surface area contributed by atoms with Gasteiger partial charge in [0.25, 0.3) is 0 Å². The molecule has 2 atom stereocenters. The van der Waals surface area contributed by atoms with Crippen molar-refractivity contribution in [1.29, 1.82) is 0 Å². The zero-order chi connectivity index (χ0) is 13.8. The first-order valence-electron chi connectivity index (χ1n) is 8.16. The number of hydrogen-bond donors (Lipinski definition) is 1. The van der Waals surface area contributed by atoms with E-state index in [0.717, 1.165) is 37.1 Å². The molecule has 1 saturated heterocycles. The number of nitrogens with zero attached hydrogens (tertiary/aromatic N) is 3. The smallest absolute Gasteiger partial charge is 0.147 e. The molecule has 4 nitrogen and oxygen atoms in total. The van der Waals surface area contributed by atoms with Crippen molar-refractivity contribution in [2.45, 2.75) is 58.0 Å². The summed E-state index contributed by atoms with van der Waals surface area (Å²) in [7, 11) is 0. The van der Waals surface area contributed by atoms with Crippen molar-refractivity contribution < 1.29 is 0 Å². The van der Waals surface area contributed by atoms with Gasteiger partial charge in [-0.25, -0.2) is 4.98 Å². The Morgan fingerprint density at radius 1 is 1.15 bits per heavy atom. The van der Waals surface area contributed by atoms with E-state index in [-0.39, 0.29) is 0 Å². The summed E-state index contributed by atoms with van der Waals surface area (Å²) in [6, 6.07) is 0.714. The summed E-state index contributed by atoms with van der Waals surface area (Å²) >= 11 is 0. The van der Waals surface area contributed by atoms with Gasteiger partial charge in [-0.05, 0) is 38.1 Å². The van der Waals surface area contributed by atoms with Gasteiger partial charge in [-0.2, -0.15) is 0 Å². The lowest BCUT2D eigenvalue weighted by atomic mass is 9.78. The lowest BCUT2D eigenvalue weighted by Crippen LogP contribution is -2.47. The second kappa shape index (κ2) is 6.53. The van der Waals surface area contributed by atoms with E-state index >= 15 is 0 Å². The average molecular weight is 274 g/mol. The van der Waals surface area contributed by atoms with Crippen molar-refractivity contribution in [3.05, 3.63) is 18.1 Å². The van der Waals surface area contributed by atoms with Crippen LogP contribution in [0.25, 0.3) is 0 Å². The van der Waals surface area contributed by atoms with Crippen LogP contribution in [0.4, 0.5) is 5.82 Å². The predicted octanol–water partition coefficient (Wildman–Crippen LogP) is 2.75. The molecule has 2 fully saturated rings. The van der Waals surface area contributed by atoms with Gasteiger partial charge in [0, 0.05) is 19.1 Å². The first kappa shape index (κ1) is 13.8. The van der Waals surface area contributed by atoms with Gasteiger partial charge in [-0.3, -0.25) is 4.98 Å². The Morgan fingerprint density at radius 3 is 2.80 bits per heavy atom. The Morgan fingerprint density at radius 2 is 2.00 bits per heavy atom. The van der Waals surface area contributed by atoms with Crippen LogP contribution in [0.3, 0.4) is 0 Å². The molecule has 4 heteroatoms. The van der Waals surface area contributed by atoms with Crippen LogP contribution in [-0.2, 0) is 6.54 Å². The number of fused-ring (bicyclic) bond motifs is 1. The zero-order valence-electron chi connectivity index (χ0n) is 12.5. The molecule has 0 spiro atoms. The number of nitrogens with one attached hydrogen (secondary N) is 1. The van der Waals surface area contributed by atoms with Gasteiger partial charge in [-0.15, -0.1) is 0 Å². The van der Waals surface area contributed by atoms with Gasteiger partial charge in [0.2, 0.25) is 0 Å². The SMILES string of the molecule is CCNCc1cnc(N2CCCC3CCCCC32)cn1. The van der Waals surface area contributed by atoms with Gasteiger partial charge in [0.05, 0.1) is 18.1 Å². The topological polar surface area (TPSA) is 41.1 Å². The predicted molar refractivity (Wildman–Crippen MR) is 81.7 cm³/mol. The maximum atomic E-state index is 4.67. The molecule has 0 aromatic carbocycles. The fourth-order valence-electron chi connectivity index (χ4n) is 3.75. The average Bonchev–Trinajstić information content (AvgIpc) is 2.53. The first-order valence-corrected chi connectivity index (χ1v) is 8.16. The first-order chi connectivity index (χ1) is 9.88. The summed E-state index contributed by atoms with van der Waals surface area (Å²) in [5, 5.41) is 3.29. The van der Waals surface area contributed by atoms with Crippen molar-refractivity contribution in [2.24, 2.45) is 5.92 Å². The Hall–Kier alpha value is -1.16. The summed E-state index contributed by atoms with van der Waals surface area (Å²) in [5.41, 5.74) is 1.04. The van der Waals surface area contributed by atoms with E-state index < -0.39 is 0 Å². The second-order valence-corrected chi connectivity index (χ2v) is 6.09. The molecule has 0 bridgehead atoms. The highest BCUT2D eigenvalue weighted by atomic mass is 15.2. The van der Waals surface area contributed by atoms with E-state index in [1.807, 2.05) is 12.4 Å². The minimum Gasteiger partial charge on any atom is -0.352 e. The summed E-state index contributed by atoms with van der Waals surface area (Å²) in [4.78, 5) is 11.8. The number of hydrogen-bond acceptors (Lipinski definition) is 4. The van der Waals surface area contributed by atoms with Crippen LogP contribution >= 0.6 is 0 Å². The third-order valence-electron chi connectivity index (χ3n) is 4.79. The number of piperidine rings is 1. The van der Waals surface area contributed by atoms with Gasteiger partial charge in [0.15, 0.2) is 0 Å². The van der Waals surface area contributed by atoms with Crippen molar-refractivity contribution in [3.63, 3.8) is 0 Å². The van der Waals surface area contributed by atoms with E-state index in [9.17, 15) is 0 Å². The van der Waals surface area contributed by atoms with E-state index in [1.54, 1.807) is 0 Å². The monoisotopic (exact) mass is 274 g/mol. The van der Waals surface area contributed by atoms with Crippen molar-refractivity contribution in [1.82, 2.24) is 15.3 Å². The number of aromatic nitrogens is 2. The lowest BCUT2D eigenvalue weighted by Gasteiger charge is -2.44. The quantitative estimate of drug-likeness (QED) is 0.916. The molecule has 1 aromatic rings. The standard InChI is InChI=1S/C16H26N4/c1-2-17-10-14-11-19-16(12-18-14)20-9-5-7-13-6-3-4-8-15(13)20/h11-13,15,17H,2-10H2,1H3. The Balaban J connectivity index is 1.70. The summed E-state index contributed by atoms with van der Waals surface area (Å²) in [6.07, 6.45) is 12.2. The van der Waals surface area contributed by atoms with Crippen LogP contribution in [0, 0.1) is 5.92 Å². The van der Waals surface area contributed by atoms with Gasteiger partial charge in [-0.1, -0.05) is 19.8 Å². The molecule has 2 aliphatic rings. The van der Waals surface area contributed by atoms with Crippen LogP contribution in [0.1, 0.15) is 51.1 Å². The van der Waals surface area contributed by atoms with Crippen LogP contribution in [0.2, 0.25) is 0 Å². The highest BCUT2D eigenvalue weighted by molar-refractivity contribution is 5.38. The summed E-state index contributed by atoms with van der Waals surface area (Å²) in [5.74, 6) is 1.97. The number of anilines is 1. The normalized spacial score (nSPS) is 26.4. The Kier molecular flexibility index (Phi) is 4.51. The minimum atomic E-state index is 0.714. The Bertz CT molecular complexity index is 415. The molecule has 0 amide bonds. The van der Waals surface area contributed by atoms with Gasteiger partial charge in [0.1, 0.15) is 5.82 Å². The maximum absolute atomic E-state index is 4.67. The summed E-state index contributed by atoms with van der Waals surface area (Å²) in [6.45, 7) is 5.05. The molecule has 0 radical (unpaired) electrons. The van der Waals surface area contributed by atoms with E-state index in [1.165, 1.54) is 38.5 Å². The molecule has 1 aliphatic carbocycles. The molecular formula is C16H26N4. The summed E-state index contributed by atoms with van der Waals surface area (Å²) < 4.78 is 0. The van der Waals surface area contributed by atoms with E-state index in [0.29, 0.717) is 6.04 Å². The van der Waals surface area contributed by atoms with Crippen LogP contribution in [0.5, 0.6) is 0 Å². The Labute approximate surface area is 122 Å². The molecule has 1 saturated carbocycles. The molecule has 20 heavy (non-hydrogen) atoms. The molecule has 3 rings (SSSR count). The van der Waals surface area contributed by atoms with Crippen LogP contribution in [0.15, 0.2) is 12.4 Å². The molecule has 1 aliphatic heterocycles. The highest BCUT2D eigenvalue weighted by Crippen LogP contribution is 2.36. The zero-order valence-corrected chi connectivity index (χ0v) is 12.5. The fraction of sp³-hybridized carbons (Fsp3) is 0.750. The van der Waals surface area contributed by atoms with Crippen molar-refractivity contribution >= 4 is 5.82 Å². The lowest BCUT2D eigenvalue weighted by molar-refractivity contribution is 0.242. The second-order valence-electron chi connectivity index (χ2n) is 6.09. The van der Waals surface area contributed by atoms with Gasteiger partial charge < -0.3 is 10.2 Å². The number of rotatable bonds is 4. The van der Waals surface area contributed by atoms with Crippen molar-refractivity contribution in [2.75, 3.05) is 18.0 Å². The molecular weight excluding hydrogens is 248 g/mol.